The van der Waals surface area contributed by atoms with Crippen molar-refractivity contribution in [3.8, 4) is 0 Å². The van der Waals surface area contributed by atoms with Crippen molar-refractivity contribution in [1.29, 1.82) is 0 Å². The molecule has 0 saturated carbocycles. The van der Waals surface area contributed by atoms with Gasteiger partial charge in [0.1, 0.15) is 43.0 Å². The highest BCUT2D eigenvalue weighted by molar-refractivity contribution is 8.00. The maximum Gasteiger partial charge on any atom is 0.352 e. The van der Waals surface area contributed by atoms with E-state index >= 15 is 0 Å². The van der Waals surface area contributed by atoms with E-state index in [4.69, 9.17) is 10.5 Å². The molecule has 0 spiro atoms. The molecule has 0 aliphatic carbocycles. The molecule has 2 aliphatic heterocycles. The summed E-state index contributed by atoms with van der Waals surface area (Å²) in [6.45, 7) is 0.843. The molecular formula is C17H18N6O8S2. The van der Waals surface area contributed by atoms with Gasteiger partial charge in [0, 0.05) is 22.9 Å². The Bertz CT molecular complexity index is 1080. The zero-order valence-corrected chi connectivity index (χ0v) is 18.9. The molecule has 0 bridgehead atoms. The Morgan fingerprint density at radius 1 is 1.36 bits per heavy atom. The van der Waals surface area contributed by atoms with E-state index in [-0.39, 0.29) is 40.3 Å². The number of nitrogen functional groups attached to an aromatic ring is 1. The Morgan fingerprint density at radius 2 is 2.09 bits per heavy atom. The van der Waals surface area contributed by atoms with Crippen LogP contribution in [-0.2, 0) is 33.5 Å². The van der Waals surface area contributed by atoms with Gasteiger partial charge in [-0.2, -0.15) is 9.36 Å². The summed E-state index contributed by atoms with van der Waals surface area (Å²) in [5.74, 6) is -4.02. The molecule has 1 saturated heterocycles. The summed E-state index contributed by atoms with van der Waals surface area (Å²) in [5.41, 5.74) is 5.10. The Kier molecular flexibility index (Phi) is 7.27. The second-order valence-corrected chi connectivity index (χ2v) is 8.62. The predicted octanol–water partition coefficient (Wildman–Crippen LogP) is -1.27. The van der Waals surface area contributed by atoms with Crippen LogP contribution in [0.15, 0.2) is 16.4 Å². The van der Waals surface area contributed by atoms with E-state index in [1.165, 1.54) is 25.8 Å². The number of nitrogens with two attached hydrogens (primary N) is 1. The lowest BCUT2D eigenvalue weighted by molar-refractivity contribution is -0.150. The molecule has 33 heavy (non-hydrogen) atoms. The number of oxime groups is 1. The summed E-state index contributed by atoms with van der Waals surface area (Å²) in [7, 11) is 1.21. The number of hydrogen-bond donors (Lipinski definition) is 3. The van der Waals surface area contributed by atoms with Crippen molar-refractivity contribution in [3.05, 3.63) is 17.1 Å². The molecule has 4 N–H and O–H groups in total. The zero-order chi connectivity index (χ0) is 24.3. The van der Waals surface area contributed by atoms with Crippen LogP contribution in [0.5, 0.6) is 0 Å². The zero-order valence-electron chi connectivity index (χ0n) is 17.3. The number of esters is 1. The minimum Gasteiger partial charge on any atom is -0.477 e. The fourth-order valence-electron chi connectivity index (χ4n) is 3.03. The van der Waals surface area contributed by atoms with Crippen molar-refractivity contribution in [2.45, 2.75) is 24.8 Å². The van der Waals surface area contributed by atoms with Gasteiger partial charge in [-0.25, -0.2) is 4.79 Å². The molecule has 0 aromatic carbocycles. The number of rotatable bonds is 9. The van der Waals surface area contributed by atoms with Crippen LogP contribution in [-0.4, -0.2) is 85.5 Å². The number of aliphatic carboxylic acids is 1. The Hall–Kier alpha value is -3.53. The van der Waals surface area contributed by atoms with Gasteiger partial charge in [-0.1, -0.05) is 5.16 Å². The molecule has 2 amide bonds. The Balaban J connectivity index is 1.73. The third-order valence-electron chi connectivity index (χ3n) is 4.39. The summed E-state index contributed by atoms with van der Waals surface area (Å²) >= 11 is 2.02. The summed E-state index contributed by atoms with van der Waals surface area (Å²) in [5, 5.41) is 15.1. The summed E-state index contributed by atoms with van der Waals surface area (Å²) in [6.07, 6.45) is -0.437. The van der Waals surface area contributed by atoms with E-state index in [2.05, 4.69) is 24.7 Å². The average Bonchev–Trinajstić information content (AvgIpc) is 3.18. The number of Topliss-reactive ketones (excluding diaryl/α,β-unsaturated/α-hetero) is 1. The molecule has 14 nitrogen and oxygen atoms in total. The summed E-state index contributed by atoms with van der Waals surface area (Å²) in [4.78, 5) is 69.4. The topological polar surface area (TPSA) is 203 Å². The molecular weight excluding hydrogens is 480 g/mol. The van der Waals surface area contributed by atoms with Crippen molar-refractivity contribution in [1.82, 2.24) is 19.6 Å². The number of thioether (sulfide) groups is 1. The van der Waals surface area contributed by atoms with Crippen LogP contribution in [0.4, 0.5) is 5.13 Å². The Morgan fingerprint density at radius 3 is 2.67 bits per heavy atom. The third kappa shape index (κ3) is 5.11. The van der Waals surface area contributed by atoms with Crippen LogP contribution in [0.1, 0.15) is 19.2 Å². The van der Waals surface area contributed by atoms with Crippen molar-refractivity contribution in [3.63, 3.8) is 0 Å². The first-order valence-corrected chi connectivity index (χ1v) is 11.0. The molecule has 1 aromatic rings. The maximum absolute atomic E-state index is 12.7. The number of carbonyl (C=O) groups is 5. The molecule has 3 rings (SSSR count). The molecule has 0 unspecified atom stereocenters. The van der Waals surface area contributed by atoms with E-state index in [1.54, 1.807) is 0 Å². The fourth-order valence-corrected chi connectivity index (χ4v) is 4.79. The van der Waals surface area contributed by atoms with Crippen LogP contribution in [0.3, 0.4) is 0 Å². The van der Waals surface area contributed by atoms with Gasteiger partial charge in [0.05, 0.1) is 0 Å². The largest absolute Gasteiger partial charge is 0.477 e. The highest BCUT2D eigenvalue weighted by atomic mass is 32.2. The van der Waals surface area contributed by atoms with Gasteiger partial charge < -0.3 is 25.7 Å². The van der Waals surface area contributed by atoms with E-state index < -0.39 is 47.4 Å². The molecule has 1 aromatic heterocycles. The fraction of sp³-hybridized carbons (Fsp3) is 0.412. The van der Waals surface area contributed by atoms with Crippen molar-refractivity contribution < 1.29 is 38.7 Å². The van der Waals surface area contributed by atoms with Gasteiger partial charge in [0.25, 0.3) is 11.8 Å². The number of ether oxygens (including phenoxy) is 1. The standard InChI is InChI=1S/C17H18N6O8S2/c1-6(24)3-8(25)31-4-7-5-32-15-10(14(27)23(15)11(7)16(28)29)19-13(26)9(21-30-2)12-20-17(18)33-22-12/h10,15H,3-5H2,1-2H3,(H,19,26)(H,28,29)(H2,18,20,22)/t10-,15+/m1/s1. The first-order valence-electron chi connectivity index (χ1n) is 9.20. The number of nitrogens with one attached hydrogen (secondary N) is 1. The lowest BCUT2D eigenvalue weighted by Crippen LogP contribution is -2.71. The number of anilines is 1. The highest BCUT2D eigenvalue weighted by Gasteiger charge is 2.54. The highest BCUT2D eigenvalue weighted by Crippen LogP contribution is 2.40. The van der Waals surface area contributed by atoms with E-state index in [9.17, 15) is 29.1 Å². The summed E-state index contributed by atoms with van der Waals surface area (Å²) in [6, 6.07) is -1.04. The van der Waals surface area contributed by atoms with Crippen molar-refractivity contribution >= 4 is 63.7 Å². The number of ketones is 1. The predicted molar refractivity (Wildman–Crippen MR) is 114 cm³/mol. The first-order chi connectivity index (χ1) is 15.6. The molecule has 2 atom stereocenters. The molecule has 16 heteroatoms. The molecule has 0 radical (unpaired) electrons. The second-order valence-electron chi connectivity index (χ2n) is 6.74. The van der Waals surface area contributed by atoms with Gasteiger partial charge in [-0.15, -0.1) is 11.8 Å². The number of fused-ring (bicyclic) bond motifs is 1. The number of carbonyl (C=O) groups excluding carboxylic acids is 4. The molecule has 3 heterocycles. The number of amides is 2. The van der Waals surface area contributed by atoms with Gasteiger partial charge in [-0.3, -0.25) is 24.1 Å². The number of hydrogen-bond acceptors (Lipinski definition) is 13. The normalized spacial score (nSPS) is 20.0. The first kappa shape index (κ1) is 24.1. The second kappa shape index (κ2) is 9.95. The average molecular weight is 498 g/mol. The van der Waals surface area contributed by atoms with Gasteiger partial charge in [0.15, 0.2) is 5.13 Å². The van der Waals surface area contributed by atoms with Crippen LogP contribution in [0.25, 0.3) is 0 Å². The van der Waals surface area contributed by atoms with Gasteiger partial charge in [0.2, 0.25) is 11.5 Å². The minimum atomic E-state index is -1.39. The minimum absolute atomic E-state index is 0.0856. The van der Waals surface area contributed by atoms with Crippen LogP contribution in [0, 0.1) is 0 Å². The smallest absolute Gasteiger partial charge is 0.352 e. The summed E-state index contributed by atoms with van der Waals surface area (Å²) < 4.78 is 8.85. The number of carboxylic acid groups (broad SMARTS) is 1. The van der Waals surface area contributed by atoms with Gasteiger partial charge >= 0.3 is 11.9 Å². The van der Waals surface area contributed by atoms with Crippen molar-refractivity contribution in [2.24, 2.45) is 5.16 Å². The molecule has 1 fully saturated rings. The Labute approximate surface area is 194 Å². The number of carboxylic acids is 1. The lowest BCUT2D eigenvalue weighted by Gasteiger charge is -2.49. The van der Waals surface area contributed by atoms with E-state index in [1.807, 2.05) is 0 Å². The van der Waals surface area contributed by atoms with Gasteiger partial charge in [-0.05, 0) is 6.92 Å². The van der Waals surface area contributed by atoms with Crippen LogP contribution in [0.2, 0.25) is 0 Å². The van der Waals surface area contributed by atoms with Crippen molar-refractivity contribution in [2.75, 3.05) is 25.2 Å². The van der Waals surface area contributed by atoms with E-state index in [0.29, 0.717) is 0 Å². The number of nitrogens with zero attached hydrogens (tertiary/aromatic N) is 4. The third-order valence-corrected chi connectivity index (χ3v) is 6.27. The molecule has 176 valence electrons. The SMILES string of the molecule is CON=C(C(=O)N[C@@H]1C(=O)N2C(C(=O)O)=C(COC(=O)CC(C)=O)CS[C@@H]12)c1nsc(N)n1. The quantitative estimate of drug-likeness (QED) is 0.120. The monoisotopic (exact) mass is 498 g/mol. The maximum atomic E-state index is 12.7. The molecule has 2 aliphatic rings. The van der Waals surface area contributed by atoms with Crippen LogP contribution >= 0.6 is 23.3 Å². The van der Waals surface area contributed by atoms with Crippen LogP contribution < -0.4 is 11.1 Å². The lowest BCUT2D eigenvalue weighted by atomic mass is 10.0. The van der Waals surface area contributed by atoms with E-state index in [0.717, 1.165) is 16.4 Å². The number of aromatic nitrogens is 2. The number of β-lactam (4-membered cyclic amide) rings is 1.